The van der Waals surface area contributed by atoms with Gasteiger partial charge in [0.25, 0.3) is 5.91 Å². The summed E-state index contributed by atoms with van der Waals surface area (Å²) in [7, 11) is 0. The summed E-state index contributed by atoms with van der Waals surface area (Å²) >= 11 is 1.33. The maximum atomic E-state index is 12.8. The van der Waals surface area contributed by atoms with Gasteiger partial charge in [-0.1, -0.05) is 29.8 Å². The molecule has 0 aliphatic carbocycles. The van der Waals surface area contributed by atoms with Gasteiger partial charge < -0.3 is 14.6 Å². The van der Waals surface area contributed by atoms with E-state index in [-0.39, 0.29) is 5.91 Å². The fourth-order valence-electron chi connectivity index (χ4n) is 2.72. The van der Waals surface area contributed by atoms with Crippen LogP contribution in [0.2, 0.25) is 0 Å². The fourth-order valence-corrected chi connectivity index (χ4v) is 3.60. The summed E-state index contributed by atoms with van der Waals surface area (Å²) in [6.45, 7) is 9.91. The van der Waals surface area contributed by atoms with Gasteiger partial charge in [-0.3, -0.25) is 4.79 Å². The molecule has 0 radical (unpaired) electrons. The number of hydrogen-bond donors (Lipinski definition) is 1. The zero-order chi connectivity index (χ0) is 21.0. The van der Waals surface area contributed by atoms with E-state index < -0.39 is 5.54 Å². The topological polar surface area (TPSA) is 90.1 Å². The van der Waals surface area contributed by atoms with Crippen LogP contribution in [0.15, 0.2) is 28.8 Å². The van der Waals surface area contributed by atoms with Crippen molar-refractivity contribution in [2.75, 3.05) is 0 Å². The molecule has 2 aromatic heterocycles. The number of nitrogens with one attached hydrogen (secondary N) is 1. The molecule has 0 fully saturated rings. The Balaban J connectivity index is 1.66. The molecule has 1 aromatic carbocycles. The van der Waals surface area contributed by atoms with Crippen LogP contribution in [0.25, 0.3) is 0 Å². The molecule has 29 heavy (non-hydrogen) atoms. The highest BCUT2D eigenvalue weighted by atomic mass is 32.1. The summed E-state index contributed by atoms with van der Waals surface area (Å²) in [5.41, 5.74) is 1.08. The van der Waals surface area contributed by atoms with Gasteiger partial charge in [0, 0.05) is 6.42 Å². The van der Waals surface area contributed by atoms with Crippen molar-refractivity contribution < 1.29 is 14.1 Å². The average molecular weight is 415 g/mol. The van der Waals surface area contributed by atoms with Crippen molar-refractivity contribution >= 4 is 17.2 Å². The molecule has 7 nitrogen and oxygen atoms in total. The van der Waals surface area contributed by atoms with Gasteiger partial charge >= 0.3 is 0 Å². The van der Waals surface area contributed by atoms with E-state index in [9.17, 15) is 4.79 Å². The highest BCUT2D eigenvalue weighted by Gasteiger charge is 2.30. The first-order chi connectivity index (χ1) is 13.8. The molecule has 1 N–H and O–H groups in total. The number of nitrogens with zero attached hydrogens (tertiary/aromatic N) is 3. The van der Waals surface area contributed by atoms with Gasteiger partial charge in [-0.05, 0) is 46.2 Å². The van der Waals surface area contributed by atoms with Crippen LogP contribution in [0.5, 0.6) is 5.75 Å². The second-order valence-corrected chi connectivity index (χ2v) is 8.55. The largest absolute Gasteiger partial charge is 0.486 e. The van der Waals surface area contributed by atoms with E-state index in [1.165, 1.54) is 16.9 Å². The van der Waals surface area contributed by atoms with Crippen molar-refractivity contribution in [1.29, 1.82) is 0 Å². The van der Waals surface area contributed by atoms with Gasteiger partial charge in [0.15, 0.2) is 5.82 Å². The van der Waals surface area contributed by atoms with Crippen molar-refractivity contribution in [3.63, 3.8) is 0 Å². The van der Waals surface area contributed by atoms with E-state index in [1.807, 2.05) is 58.9 Å². The van der Waals surface area contributed by atoms with Crippen LogP contribution >= 0.6 is 11.3 Å². The molecule has 3 aromatic rings. The fraction of sp³-hybridized carbons (Fsp3) is 0.429. The Morgan fingerprint density at radius 3 is 2.62 bits per heavy atom. The molecule has 154 valence electrons. The van der Waals surface area contributed by atoms with Gasteiger partial charge in [0.2, 0.25) is 5.89 Å². The number of aryl methyl sites for hydroxylation is 3. The lowest BCUT2D eigenvalue weighted by Gasteiger charge is -2.21. The third kappa shape index (κ3) is 5.20. The van der Waals surface area contributed by atoms with Crippen LogP contribution in [-0.2, 0) is 18.6 Å². The Hall–Kier alpha value is -2.74. The molecule has 0 saturated carbocycles. The number of hydrogen-bond acceptors (Lipinski definition) is 7. The van der Waals surface area contributed by atoms with Crippen molar-refractivity contribution in [2.45, 2.75) is 59.6 Å². The first kappa shape index (κ1) is 21.0. The number of rotatable bonds is 8. The zero-order valence-electron chi connectivity index (χ0n) is 17.4. The average Bonchev–Trinajstić information content (AvgIpc) is 3.28. The molecule has 0 aliphatic rings. The van der Waals surface area contributed by atoms with E-state index in [0.717, 1.165) is 23.6 Å². The van der Waals surface area contributed by atoms with Crippen LogP contribution in [0.1, 0.15) is 64.8 Å². The minimum atomic E-state index is -0.762. The Morgan fingerprint density at radius 2 is 1.93 bits per heavy atom. The number of carbonyl (C=O) groups is 1. The lowest BCUT2D eigenvalue weighted by atomic mass is 10.0. The number of thiazole rings is 1. The highest BCUT2D eigenvalue weighted by Crippen LogP contribution is 2.23. The number of benzene rings is 1. The van der Waals surface area contributed by atoms with E-state index in [0.29, 0.717) is 28.9 Å². The van der Waals surface area contributed by atoms with Crippen molar-refractivity contribution in [2.24, 2.45) is 0 Å². The molecule has 0 aliphatic heterocycles. The number of amides is 1. The van der Waals surface area contributed by atoms with Crippen LogP contribution in [-0.4, -0.2) is 21.0 Å². The summed E-state index contributed by atoms with van der Waals surface area (Å²) in [4.78, 5) is 22.3. The van der Waals surface area contributed by atoms with E-state index in [2.05, 4.69) is 20.4 Å². The maximum absolute atomic E-state index is 12.8. The molecule has 0 atom stereocenters. The first-order valence-electron chi connectivity index (χ1n) is 9.60. The van der Waals surface area contributed by atoms with Crippen LogP contribution in [0.4, 0.5) is 0 Å². The number of ether oxygens (including phenoxy) is 1. The molecule has 8 heteroatoms. The monoisotopic (exact) mass is 414 g/mol. The van der Waals surface area contributed by atoms with Crippen molar-refractivity contribution in [3.8, 4) is 5.75 Å². The van der Waals surface area contributed by atoms with Crippen molar-refractivity contribution in [3.05, 3.63) is 57.1 Å². The SMILES string of the molecule is CCCc1nc(C(C)(C)NC(=O)c2sc(COc3ccc(C)cc3)nc2C)no1. The minimum absolute atomic E-state index is 0.214. The Morgan fingerprint density at radius 1 is 1.21 bits per heavy atom. The molecule has 0 spiro atoms. The van der Waals surface area contributed by atoms with Gasteiger partial charge in [-0.25, -0.2) is 4.98 Å². The normalized spacial score (nSPS) is 11.5. The molecule has 0 unspecified atom stereocenters. The lowest BCUT2D eigenvalue weighted by Crippen LogP contribution is -2.41. The Labute approximate surface area is 174 Å². The Kier molecular flexibility index (Phi) is 6.32. The smallest absolute Gasteiger partial charge is 0.264 e. The lowest BCUT2D eigenvalue weighted by molar-refractivity contribution is 0.0911. The Bertz CT molecular complexity index is 976. The highest BCUT2D eigenvalue weighted by molar-refractivity contribution is 7.13. The van der Waals surface area contributed by atoms with Gasteiger partial charge in [0.1, 0.15) is 22.2 Å². The molecule has 1 amide bonds. The second kappa shape index (κ2) is 8.73. The van der Waals surface area contributed by atoms with Crippen LogP contribution < -0.4 is 10.1 Å². The number of carbonyl (C=O) groups excluding carboxylic acids is 1. The first-order valence-corrected chi connectivity index (χ1v) is 10.4. The van der Waals surface area contributed by atoms with Crippen LogP contribution in [0.3, 0.4) is 0 Å². The molecule has 0 saturated heterocycles. The second-order valence-electron chi connectivity index (χ2n) is 7.46. The molecule has 2 heterocycles. The van der Waals surface area contributed by atoms with E-state index >= 15 is 0 Å². The predicted molar refractivity (Wildman–Crippen MR) is 111 cm³/mol. The third-order valence-corrected chi connectivity index (χ3v) is 5.48. The van der Waals surface area contributed by atoms with Gasteiger partial charge in [-0.15, -0.1) is 11.3 Å². The third-order valence-electron chi connectivity index (χ3n) is 4.35. The molecule has 0 bridgehead atoms. The van der Waals surface area contributed by atoms with E-state index in [4.69, 9.17) is 9.26 Å². The van der Waals surface area contributed by atoms with E-state index in [1.54, 1.807) is 0 Å². The summed E-state index contributed by atoms with van der Waals surface area (Å²) in [5.74, 6) is 1.60. The summed E-state index contributed by atoms with van der Waals surface area (Å²) < 4.78 is 11.0. The molecular formula is C21H26N4O3S. The van der Waals surface area contributed by atoms with Crippen LogP contribution in [0, 0.1) is 13.8 Å². The maximum Gasteiger partial charge on any atom is 0.264 e. The zero-order valence-corrected chi connectivity index (χ0v) is 18.2. The van der Waals surface area contributed by atoms with Gasteiger partial charge in [-0.2, -0.15) is 4.98 Å². The summed E-state index contributed by atoms with van der Waals surface area (Å²) in [6.07, 6.45) is 1.64. The number of aromatic nitrogens is 3. The quantitative estimate of drug-likeness (QED) is 0.590. The van der Waals surface area contributed by atoms with Crippen molar-refractivity contribution in [1.82, 2.24) is 20.4 Å². The molecular weight excluding hydrogens is 388 g/mol. The molecule has 3 rings (SSSR count). The summed E-state index contributed by atoms with van der Waals surface area (Å²) in [6, 6.07) is 7.83. The minimum Gasteiger partial charge on any atom is -0.486 e. The van der Waals surface area contributed by atoms with Gasteiger partial charge in [0.05, 0.1) is 11.2 Å². The predicted octanol–water partition coefficient (Wildman–Crippen LogP) is 4.34. The standard InChI is InChI=1S/C21H26N4O3S/c1-6-7-16-23-20(25-28-16)21(4,5)24-19(26)18-14(3)22-17(29-18)12-27-15-10-8-13(2)9-11-15/h8-11H,6-7,12H2,1-5H3,(H,24,26). The summed E-state index contributed by atoms with van der Waals surface area (Å²) in [5, 5.41) is 7.75.